The minimum Gasteiger partial charge on any atom is -0.488 e. The summed E-state index contributed by atoms with van der Waals surface area (Å²) in [5, 5.41) is 7.19. The molecule has 164 valence electrons. The third-order valence-corrected chi connectivity index (χ3v) is 5.44. The predicted octanol–water partition coefficient (Wildman–Crippen LogP) is 3.97. The molecule has 2 aromatic heterocycles. The second-order valence-electron chi connectivity index (χ2n) is 7.23. The van der Waals surface area contributed by atoms with Crippen molar-refractivity contribution < 1.29 is 18.7 Å². The van der Waals surface area contributed by atoms with E-state index in [2.05, 4.69) is 15.4 Å². The zero-order chi connectivity index (χ0) is 23.1. The van der Waals surface area contributed by atoms with Crippen LogP contribution in [0.25, 0.3) is 16.9 Å². The Kier molecular flexibility index (Phi) is 5.02. The average molecular weight is 464 g/mol. The van der Waals surface area contributed by atoms with Crippen LogP contribution >= 0.6 is 11.6 Å². The molecule has 0 saturated heterocycles. The number of nitrogens with two attached hydrogens (primary N) is 1. The smallest absolute Gasteiger partial charge is 0.269 e. The van der Waals surface area contributed by atoms with Crippen molar-refractivity contribution in [3.8, 4) is 22.7 Å². The second kappa shape index (κ2) is 8.03. The average Bonchev–Trinajstić information content (AvgIpc) is 3.20. The van der Waals surface area contributed by atoms with Crippen molar-refractivity contribution in [2.75, 3.05) is 5.32 Å². The normalized spacial score (nSPS) is 11.8. The summed E-state index contributed by atoms with van der Waals surface area (Å²) in [4.78, 5) is 28.6. The summed E-state index contributed by atoms with van der Waals surface area (Å²) in [5.41, 5.74) is 8.17. The van der Waals surface area contributed by atoms with Gasteiger partial charge in [0.1, 0.15) is 23.3 Å². The SMILES string of the molecule is NC(=O)c1nn(-c2cccc(F)c2)c2c1COc1ccc(NC(=O)c3cccnc3Cl)cc1-2. The first kappa shape index (κ1) is 20.7. The summed E-state index contributed by atoms with van der Waals surface area (Å²) in [6, 6.07) is 14.0. The van der Waals surface area contributed by atoms with Crippen LogP contribution < -0.4 is 15.8 Å². The highest BCUT2D eigenvalue weighted by atomic mass is 35.5. The number of benzene rings is 2. The Morgan fingerprint density at radius 2 is 2.00 bits per heavy atom. The molecule has 8 nitrogen and oxygen atoms in total. The molecule has 1 aliphatic rings. The quantitative estimate of drug-likeness (QED) is 0.445. The summed E-state index contributed by atoms with van der Waals surface area (Å²) in [5.74, 6) is -1.13. The van der Waals surface area contributed by atoms with Gasteiger partial charge in [-0.15, -0.1) is 0 Å². The van der Waals surface area contributed by atoms with Crippen LogP contribution in [0.3, 0.4) is 0 Å². The molecule has 0 atom stereocenters. The van der Waals surface area contributed by atoms with Crippen LogP contribution in [0.5, 0.6) is 5.75 Å². The number of hydrogen-bond donors (Lipinski definition) is 2. The fraction of sp³-hybridized carbons (Fsp3) is 0.0435. The van der Waals surface area contributed by atoms with Crippen LogP contribution in [0.2, 0.25) is 5.15 Å². The first-order valence-corrected chi connectivity index (χ1v) is 10.2. The van der Waals surface area contributed by atoms with Crippen molar-refractivity contribution in [2.45, 2.75) is 6.61 Å². The van der Waals surface area contributed by atoms with E-state index in [1.54, 1.807) is 36.4 Å². The lowest BCUT2D eigenvalue weighted by atomic mass is 10.0. The highest BCUT2D eigenvalue weighted by Gasteiger charge is 2.29. The van der Waals surface area contributed by atoms with Crippen LogP contribution in [0.15, 0.2) is 60.8 Å². The molecule has 0 unspecified atom stereocenters. The first-order chi connectivity index (χ1) is 15.9. The molecule has 33 heavy (non-hydrogen) atoms. The lowest BCUT2D eigenvalue weighted by Gasteiger charge is -2.21. The molecule has 0 saturated carbocycles. The van der Waals surface area contributed by atoms with E-state index in [4.69, 9.17) is 22.1 Å². The molecule has 2 aromatic carbocycles. The predicted molar refractivity (Wildman–Crippen MR) is 119 cm³/mol. The molecule has 0 bridgehead atoms. The number of rotatable bonds is 4. The molecular formula is C23H15ClFN5O3. The fourth-order valence-electron chi connectivity index (χ4n) is 3.68. The zero-order valence-corrected chi connectivity index (χ0v) is 17.6. The molecule has 5 rings (SSSR count). The van der Waals surface area contributed by atoms with Gasteiger partial charge in [-0.2, -0.15) is 5.10 Å². The Balaban J connectivity index is 1.62. The van der Waals surface area contributed by atoms with Gasteiger partial charge in [-0.3, -0.25) is 9.59 Å². The molecular weight excluding hydrogens is 449 g/mol. The van der Waals surface area contributed by atoms with Crippen LogP contribution in [-0.2, 0) is 6.61 Å². The second-order valence-corrected chi connectivity index (χ2v) is 7.59. The molecule has 10 heteroatoms. The van der Waals surface area contributed by atoms with E-state index < -0.39 is 17.6 Å². The number of aromatic nitrogens is 3. The first-order valence-electron chi connectivity index (χ1n) is 9.79. The Labute approximate surface area is 191 Å². The number of halogens is 2. The number of nitrogens with zero attached hydrogens (tertiary/aromatic N) is 3. The van der Waals surface area contributed by atoms with E-state index in [0.29, 0.717) is 33.9 Å². The maximum Gasteiger partial charge on any atom is 0.269 e. The van der Waals surface area contributed by atoms with Gasteiger partial charge in [-0.1, -0.05) is 17.7 Å². The Hall–Kier alpha value is -4.24. The molecule has 0 spiro atoms. The Morgan fingerprint density at radius 1 is 1.15 bits per heavy atom. The molecule has 4 aromatic rings. The number of amides is 2. The van der Waals surface area contributed by atoms with Gasteiger partial charge in [0, 0.05) is 23.0 Å². The number of ether oxygens (including phenoxy) is 1. The van der Waals surface area contributed by atoms with Gasteiger partial charge in [0.15, 0.2) is 5.69 Å². The number of pyridine rings is 1. The molecule has 3 heterocycles. The topological polar surface area (TPSA) is 112 Å². The van der Waals surface area contributed by atoms with Crippen molar-refractivity contribution in [2.24, 2.45) is 5.73 Å². The highest BCUT2D eigenvalue weighted by molar-refractivity contribution is 6.33. The van der Waals surface area contributed by atoms with Crippen molar-refractivity contribution in [3.63, 3.8) is 0 Å². The molecule has 1 aliphatic heterocycles. The van der Waals surface area contributed by atoms with Gasteiger partial charge in [-0.25, -0.2) is 14.1 Å². The summed E-state index contributed by atoms with van der Waals surface area (Å²) < 4.78 is 21.2. The lowest BCUT2D eigenvalue weighted by Crippen LogP contribution is -2.16. The summed E-state index contributed by atoms with van der Waals surface area (Å²) in [6.45, 7) is 0.0624. The monoisotopic (exact) mass is 463 g/mol. The number of anilines is 1. The van der Waals surface area contributed by atoms with Crippen molar-refractivity contribution in [3.05, 3.63) is 88.6 Å². The highest BCUT2D eigenvalue weighted by Crippen LogP contribution is 2.41. The van der Waals surface area contributed by atoms with Gasteiger partial charge >= 0.3 is 0 Å². The molecule has 2 amide bonds. The van der Waals surface area contributed by atoms with Gasteiger partial charge in [-0.05, 0) is 48.5 Å². The van der Waals surface area contributed by atoms with Crippen molar-refractivity contribution in [1.29, 1.82) is 0 Å². The minimum atomic E-state index is -0.732. The molecule has 0 radical (unpaired) electrons. The van der Waals surface area contributed by atoms with Crippen LogP contribution in [0.4, 0.5) is 10.1 Å². The van der Waals surface area contributed by atoms with E-state index in [1.165, 1.54) is 29.1 Å². The summed E-state index contributed by atoms with van der Waals surface area (Å²) in [6.07, 6.45) is 1.49. The zero-order valence-electron chi connectivity index (χ0n) is 16.9. The standard InChI is InChI=1S/C23H15ClFN5O3/c24-21-15(5-2-8-27-21)23(32)28-13-6-7-18-16(10-13)20-17(11-33-18)19(22(26)31)29-30(20)14-4-1-3-12(25)9-14/h1-10H,11H2,(H2,26,31)(H,28,32). The van der Waals surface area contributed by atoms with Gasteiger partial charge in [0.2, 0.25) is 0 Å². The number of hydrogen-bond acceptors (Lipinski definition) is 5. The molecule has 0 fully saturated rings. The fourth-order valence-corrected chi connectivity index (χ4v) is 3.88. The summed E-state index contributed by atoms with van der Waals surface area (Å²) >= 11 is 6.02. The van der Waals surface area contributed by atoms with Crippen LogP contribution in [-0.4, -0.2) is 26.6 Å². The van der Waals surface area contributed by atoms with Gasteiger partial charge < -0.3 is 15.8 Å². The van der Waals surface area contributed by atoms with Gasteiger partial charge in [0.25, 0.3) is 11.8 Å². The van der Waals surface area contributed by atoms with E-state index in [-0.39, 0.29) is 23.0 Å². The molecule has 0 aliphatic carbocycles. The number of fused-ring (bicyclic) bond motifs is 3. The van der Waals surface area contributed by atoms with E-state index in [1.807, 2.05) is 0 Å². The Morgan fingerprint density at radius 3 is 2.76 bits per heavy atom. The lowest BCUT2D eigenvalue weighted by molar-refractivity contribution is 0.0990. The van der Waals surface area contributed by atoms with Crippen molar-refractivity contribution in [1.82, 2.24) is 14.8 Å². The molecule has 3 N–H and O–H groups in total. The van der Waals surface area contributed by atoms with E-state index in [0.717, 1.165) is 0 Å². The maximum absolute atomic E-state index is 13.9. The summed E-state index contributed by atoms with van der Waals surface area (Å²) in [7, 11) is 0. The number of carbonyl (C=O) groups is 2. The van der Waals surface area contributed by atoms with Crippen LogP contribution in [0, 0.1) is 5.82 Å². The van der Waals surface area contributed by atoms with Gasteiger partial charge in [0.05, 0.1) is 16.9 Å². The number of primary amides is 1. The third kappa shape index (κ3) is 3.68. The van der Waals surface area contributed by atoms with Crippen LogP contribution in [0.1, 0.15) is 26.4 Å². The number of nitrogens with one attached hydrogen (secondary N) is 1. The Bertz CT molecular complexity index is 1440. The maximum atomic E-state index is 13.9. The van der Waals surface area contributed by atoms with Crippen molar-refractivity contribution >= 4 is 29.1 Å². The third-order valence-electron chi connectivity index (χ3n) is 5.14. The largest absolute Gasteiger partial charge is 0.488 e. The number of carbonyl (C=O) groups excluding carboxylic acids is 2. The van der Waals surface area contributed by atoms with E-state index >= 15 is 0 Å². The minimum absolute atomic E-state index is 0.0245. The van der Waals surface area contributed by atoms with E-state index in [9.17, 15) is 14.0 Å².